The smallest absolute Gasteiger partial charge is 0.0460 e. The van der Waals surface area contributed by atoms with Gasteiger partial charge in [-0.25, -0.2) is 0 Å². The van der Waals surface area contributed by atoms with Crippen molar-refractivity contribution in [2.45, 2.75) is 4.90 Å². The van der Waals surface area contributed by atoms with Crippen molar-refractivity contribution in [3.63, 3.8) is 0 Å². The van der Waals surface area contributed by atoms with Crippen LogP contribution in [0.3, 0.4) is 0 Å². The minimum atomic E-state index is 0. The molecule has 0 aliphatic carbocycles. The zero-order chi connectivity index (χ0) is 6.85. The summed E-state index contributed by atoms with van der Waals surface area (Å²) in [6, 6.07) is 5.57. The fourth-order valence-electron chi connectivity index (χ4n) is 0.525. The number of nitrogen functional groups attached to an aromatic ring is 1. The van der Waals surface area contributed by atoms with E-state index in [1.165, 1.54) is 0 Å². The summed E-state index contributed by atoms with van der Waals surface area (Å²) in [4.78, 5) is 0.818. The maximum absolute atomic E-state index is 5.51. The van der Waals surface area contributed by atoms with Gasteiger partial charge in [-0.2, -0.15) is 0 Å². The van der Waals surface area contributed by atoms with Crippen LogP contribution in [0.2, 0.25) is 0 Å². The third-order valence-corrected chi connectivity index (χ3v) is 1.89. The van der Waals surface area contributed by atoms with Gasteiger partial charge in [0.25, 0.3) is 0 Å². The average molecular weight is 359 g/mol. The number of anilines is 1. The van der Waals surface area contributed by atoms with Crippen LogP contribution < -0.4 is 5.73 Å². The van der Waals surface area contributed by atoms with Gasteiger partial charge in [0.1, 0.15) is 0 Å². The van der Waals surface area contributed by atoms with Crippen molar-refractivity contribution in [3.8, 4) is 0 Å². The van der Waals surface area contributed by atoms with Crippen molar-refractivity contribution >= 4 is 70.6 Å². The van der Waals surface area contributed by atoms with Crippen molar-refractivity contribution in [2.24, 2.45) is 0 Å². The Morgan fingerprint density at radius 1 is 1.36 bits per heavy atom. The molecule has 5 heteroatoms. The molecule has 0 atom stereocenters. The molecule has 0 spiro atoms. The van der Waals surface area contributed by atoms with Gasteiger partial charge in [0.15, 0.2) is 0 Å². The summed E-state index contributed by atoms with van der Waals surface area (Å²) in [5.74, 6) is 0. The number of rotatable bonds is 0. The van der Waals surface area contributed by atoms with Crippen LogP contribution in [-0.4, -0.2) is 23.9 Å². The molecule has 0 aliphatic heterocycles. The van der Waals surface area contributed by atoms with E-state index in [9.17, 15) is 0 Å². The molecule has 4 radical (unpaired) electrons. The number of hydrogen-bond donors (Lipinski definition) is 2. The number of nitrogens with two attached hydrogens (primary N) is 1. The molecule has 0 saturated carbocycles. The third-order valence-electron chi connectivity index (χ3n) is 0.990. The van der Waals surface area contributed by atoms with Crippen LogP contribution in [0.1, 0.15) is 0 Å². The Kier molecular flexibility index (Phi) is 8.49. The molecule has 1 nitrogen and oxygen atoms in total. The Morgan fingerprint density at radius 2 is 1.91 bits per heavy atom. The molecule has 0 fully saturated rings. The molecule has 1 aromatic rings. The van der Waals surface area contributed by atoms with Crippen molar-refractivity contribution in [1.29, 1.82) is 0 Å². The maximum Gasteiger partial charge on any atom is 0.0460 e. The summed E-state index contributed by atoms with van der Waals surface area (Å²) in [7, 11) is 0. The minimum Gasteiger partial charge on any atom is -0.398 e. The summed E-state index contributed by atoms with van der Waals surface area (Å²) in [6.07, 6.45) is 0. The summed E-state index contributed by atoms with van der Waals surface area (Å²) >= 11 is 7.38. The van der Waals surface area contributed by atoms with E-state index in [-0.39, 0.29) is 36.3 Å². The second kappa shape index (κ2) is 6.45. The van der Waals surface area contributed by atoms with E-state index in [4.69, 9.17) is 5.73 Å². The molecule has 1 rings (SSSR count). The molecule has 0 saturated heterocycles. The van der Waals surface area contributed by atoms with E-state index in [2.05, 4.69) is 28.6 Å². The SMILES string of the molecule is Cl.Nc1cc(Br)ccc1S.[Sn]. The molecule has 0 aliphatic rings. The van der Waals surface area contributed by atoms with Gasteiger partial charge in [-0.3, -0.25) is 0 Å². The van der Waals surface area contributed by atoms with Crippen LogP contribution in [0.25, 0.3) is 0 Å². The number of benzene rings is 1. The molecule has 0 heterocycles. The monoisotopic (exact) mass is 359 g/mol. The van der Waals surface area contributed by atoms with Gasteiger partial charge in [0.2, 0.25) is 0 Å². The van der Waals surface area contributed by atoms with Gasteiger partial charge >= 0.3 is 0 Å². The summed E-state index contributed by atoms with van der Waals surface area (Å²) < 4.78 is 0.984. The molecule has 1 aromatic carbocycles. The fourth-order valence-corrected chi connectivity index (χ4v) is 1.04. The molecular weight excluding hydrogens is 352 g/mol. The first-order chi connectivity index (χ1) is 4.20. The summed E-state index contributed by atoms with van der Waals surface area (Å²) in [6.45, 7) is 0. The number of halogens is 2. The van der Waals surface area contributed by atoms with Crippen LogP contribution >= 0.6 is 41.0 Å². The Bertz CT molecular complexity index is 234. The predicted octanol–water partition coefficient (Wildman–Crippen LogP) is 2.36. The maximum atomic E-state index is 5.51. The second-order valence-electron chi connectivity index (χ2n) is 1.70. The average Bonchev–Trinajstić information content (AvgIpc) is 1.80. The van der Waals surface area contributed by atoms with Gasteiger partial charge in [0.05, 0.1) is 0 Å². The van der Waals surface area contributed by atoms with Crippen molar-refractivity contribution in [2.75, 3.05) is 5.73 Å². The Balaban J connectivity index is 0. The first-order valence-electron chi connectivity index (χ1n) is 2.44. The minimum absolute atomic E-state index is 0. The van der Waals surface area contributed by atoms with E-state index in [0.29, 0.717) is 5.69 Å². The van der Waals surface area contributed by atoms with Crippen LogP contribution in [0.4, 0.5) is 5.69 Å². The zero-order valence-corrected chi connectivity index (χ0v) is 11.7. The Labute approximate surface area is 103 Å². The van der Waals surface area contributed by atoms with Crippen molar-refractivity contribution in [1.82, 2.24) is 0 Å². The summed E-state index contributed by atoms with van der Waals surface area (Å²) in [5.41, 5.74) is 6.22. The van der Waals surface area contributed by atoms with Gasteiger partial charge in [-0.05, 0) is 18.2 Å². The van der Waals surface area contributed by atoms with Gasteiger partial charge in [-0.15, -0.1) is 25.0 Å². The molecule has 60 valence electrons. The third kappa shape index (κ3) is 4.50. The first-order valence-corrected chi connectivity index (χ1v) is 3.68. The van der Waals surface area contributed by atoms with Crippen molar-refractivity contribution in [3.05, 3.63) is 22.7 Å². The predicted molar refractivity (Wildman–Crippen MR) is 58.8 cm³/mol. The largest absolute Gasteiger partial charge is 0.398 e. The normalized spacial score (nSPS) is 7.82. The molecule has 2 N–H and O–H groups in total. The van der Waals surface area contributed by atoms with Crippen LogP contribution in [0.15, 0.2) is 27.6 Å². The van der Waals surface area contributed by atoms with E-state index < -0.39 is 0 Å². The fraction of sp³-hybridized carbons (Fsp3) is 0. The quantitative estimate of drug-likeness (QED) is 0.415. The topological polar surface area (TPSA) is 26.0 Å². The molecule has 0 aromatic heterocycles. The molecule has 0 bridgehead atoms. The van der Waals surface area contributed by atoms with Crippen LogP contribution in [0, 0.1) is 0 Å². The molecule has 0 unspecified atom stereocenters. The second-order valence-corrected chi connectivity index (χ2v) is 3.10. The Hall–Kier alpha value is 0.939. The molecule has 11 heavy (non-hydrogen) atoms. The van der Waals surface area contributed by atoms with Crippen LogP contribution in [-0.2, 0) is 0 Å². The first kappa shape index (κ1) is 14.5. The van der Waals surface area contributed by atoms with Gasteiger partial charge in [-0.1, -0.05) is 15.9 Å². The Morgan fingerprint density at radius 3 is 2.27 bits per heavy atom. The van der Waals surface area contributed by atoms with Gasteiger partial charge in [0, 0.05) is 39.0 Å². The zero-order valence-electron chi connectivity index (χ0n) is 5.54. The number of hydrogen-bond acceptors (Lipinski definition) is 2. The summed E-state index contributed by atoms with van der Waals surface area (Å²) in [5, 5.41) is 0. The molecular formula is C6H7BrClNSSn. The van der Waals surface area contributed by atoms with Crippen LogP contribution in [0.5, 0.6) is 0 Å². The van der Waals surface area contributed by atoms with Gasteiger partial charge < -0.3 is 5.73 Å². The molecule has 0 amide bonds. The van der Waals surface area contributed by atoms with E-state index >= 15 is 0 Å². The van der Waals surface area contributed by atoms with E-state index in [1.54, 1.807) is 0 Å². The van der Waals surface area contributed by atoms with E-state index in [0.717, 1.165) is 9.37 Å². The number of thiol groups is 1. The van der Waals surface area contributed by atoms with Crippen molar-refractivity contribution < 1.29 is 0 Å². The van der Waals surface area contributed by atoms with E-state index in [1.807, 2.05) is 18.2 Å². The standard InChI is InChI=1S/C6H6BrNS.ClH.Sn/c7-4-1-2-6(9)5(8)3-4;;/h1-3,9H,8H2;1H;.